The number of nitrogens with zero attached hydrogens (tertiary/aromatic N) is 1. The zero-order chi connectivity index (χ0) is 20.9. The first kappa shape index (κ1) is 28.4. The van der Waals surface area contributed by atoms with Crippen molar-refractivity contribution in [3.63, 3.8) is 0 Å². The molecule has 7 heteroatoms. The summed E-state index contributed by atoms with van der Waals surface area (Å²) in [6.07, 6.45) is 9.57. The van der Waals surface area contributed by atoms with E-state index in [1.54, 1.807) is 7.11 Å². The molecule has 0 aromatic heterocycles. The van der Waals surface area contributed by atoms with Gasteiger partial charge in [-0.15, -0.1) is 24.0 Å². The molecule has 29 heavy (non-hydrogen) atoms. The van der Waals surface area contributed by atoms with Crippen LogP contribution in [0.15, 0.2) is 4.99 Å². The summed E-state index contributed by atoms with van der Waals surface area (Å²) in [5.41, 5.74) is -0.0370. The number of methoxy groups -OCH3 is 1. The highest BCUT2D eigenvalue weighted by molar-refractivity contribution is 14.0. The van der Waals surface area contributed by atoms with Gasteiger partial charge in [-0.3, -0.25) is 9.79 Å². The minimum absolute atomic E-state index is 0. The number of halogens is 1. The van der Waals surface area contributed by atoms with Crippen LogP contribution in [0.1, 0.15) is 85.5 Å². The Morgan fingerprint density at radius 1 is 1.10 bits per heavy atom. The number of guanidine groups is 1. The molecule has 0 aromatic carbocycles. The standard InChI is InChI=1S/C22H43N3O3.HI/c1-6-23-20(25-18-22(13-11-14-22)15-17-27-5)24-16-10-8-7-9-12-19(26)28-21(2,3)4;/h6-18H2,1-5H3,(H2,23,24,25);1H. The molecule has 1 aliphatic carbocycles. The summed E-state index contributed by atoms with van der Waals surface area (Å²) < 4.78 is 10.6. The Bertz CT molecular complexity index is 474. The normalized spacial score (nSPS) is 15.8. The Kier molecular flexibility index (Phi) is 15.0. The minimum atomic E-state index is -0.384. The lowest BCUT2D eigenvalue weighted by molar-refractivity contribution is -0.154. The van der Waals surface area contributed by atoms with Crippen LogP contribution < -0.4 is 10.6 Å². The molecule has 6 nitrogen and oxygen atoms in total. The van der Waals surface area contributed by atoms with Gasteiger partial charge in [0.25, 0.3) is 0 Å². The highest BCUT2D eigenvalue weighted by atomic mass is 127. The smallest absolute Gasteiger partial charge is 0.306 e. The van der Waals surface area contributed by atoms with E-state index >= 15 is 0 Å². The lowest BCUT2D eigenvalue weighted by Crippen LogP contribution is -2.40. The molecule has 0 radical (unpaired) electrons. The van der Waals surface area contributed by atoms with Crippen LogP contribution in [-0.4, -0.2) is 50.9 Å². The van der Waals surface area contributed by atoms with Crippen LogP contribution in [0.3, 0.4) is 0 Å². The van der Waals surface area contributed by atoms with Crippen molar-refractivity contribution < 1.29 is 14.3 Å². The predicted molar refractivity (Wildman–Crippen MR) is 131 cm³/mol. The molecule has 0 unspecified atom stereocenters. The van der Waals surface area contributed by atoms with Gasteiger partial charge in [0.15, 0.2) is 5.96 Å². The van der Waals surface area contributed by atoms with Crippen molar-refractivity contribution in [3.8, 4) is 0 Å². The molecule has 1 fully saturated rings. The van der Waals surface area contributed by atoms with Gasteiger partial charge in [-0.1, -0.05) is 19.3 Å². The van der Waals surface area contributed by atoms with Crippen molar-refractivity contribution in [2.45, 2.75) is 91.1 Å². The van der Waals surface area contributed by atoms with E-state index in [1.165, 1.54) is 19.3 Å². The van der Waals surface area contributed by atoms with E-state index in [-0.39, 0.29) is 35.5 Å². The average molecular weight is 526 g/mol. The maximum Gasteiger partial charge on any atom is 0.306 e. The van der Waals surface area contributed by atoms with Crippen LogP contribution in [0.4, 0.5) is 0 Å². The summed E-state index contributed by atoms with van der Waals surface area (Å²) in [4.78, 5) is 16.5. The number of hydrogen-bond donors (Lipinski definition) is 2. The molecule has 0 amide bonds. The van der Waals surface area contributed by atoms with Crippen molar-refractivity contribution in [1.29, 1.82) is 0 Å². The minimum Gasteiger partial charge on any atom is -0.460 e. The number of ether oxygens (including phenoxy) is 2. The van der Waals surface area contributed by atoms with Crippen LogP contribution in [0.2, 0.25) is 0 Å². The number of esters is 1. The van der Waals surface area contributed by atoms with E-state index in [0.717, 1.165) is 64.3 Å². The number of carbonyl (C=O) groups is 1. The summed E-state index contributed by atoms with van der Waals surface area (Å²) in [5, 5.41) is 6.79. The Labute approximate surface area is 195 Å². The Morgan fingerprint density at radius 2 is 1.79 bits per heavy atom. The summed E-state index contributed by atoms with van der Waals surface area (Å²) >= 11 is 0. The average Bonchev–Trinajstić information content (AvgIpc) is 2.58. The fraction of sp³-hybridized carbons (Fsp3) is 0.909. The number of carbonyl (C=O) groups excluding carboxylic acids is 1. The zero-order valence-electron chi connectivity index (χ0n) is 19.3. The van der Waals surface area contributed by atoms with Gasteiger partial charge in [0.05, 0.1) is 0 Å². The second-order valence-electron chi connectivity index (χ2n) is 8.97. The summed E-state index contributed by atoms with van der Waals surface area (Å²) in [6.45, 7) is 11.3. The lowest BCUT2D eigenvalue weighted by atomic mass is 9.67. The first-order chi connectivity index (χ1) is 13.3. The van der Waals surface area contributed by atoms with Crippen molar-refractivity contribution >= 4 is 35.9 Å². The predicted octanol–water partition coefficient (Wildman–Crippen LogP) is 4.66. The molecule has 0 heterocycles. The molecule has 1 aliphatic rings. The molecular weight excluding hydrogens is 481 g/mol. The SMILES string of the molecule is CCNC(=NCC1(CCOC)CCC1)NCCCCCCC(=O)OC(C)(C)C.I. The fourth-order valence-corrected chi connectivity index (χ4v) is 3.42. The van der Waals surface area contributed by atoms with Crippen LogP contribution in [0.25, 0.3) is 0 Å². The highest BCUT2D eigenvalue weighted by Crippen LogP contribution is 2.44. The third kappa shape index (κ3) is 13.4. The number of rotatable bonds is 13. The van der Waals surface area contributed by atoms with Crippen molar-refractivity contribution in [1.82, 2.24) is 10.6 Å². The molecule has 0 spiro atoms. The Morgan fingerprint density at radius 3 is 2.34 bits per heavy atom. The summed E-state index contributed by atoms with van der Waals surface area (Å²) in [6, 6.07) is 0. The molecule has 1 saturated carbocycles. The second kappa shape index (κ2) is 15.3. The Balaban J connectivity index is 0.00000784. The topological polar surface area (TPSA) is 72.0 Å². The molecule has 0 aliphatic heterocycles. The van der Waals surface area contributed by atoms with E-state index in [9.17, 15) is 4.79 Å². The van der Waals surface area contributed by atoms with Crippen molar-refractivity contribution in [2.75, 3.05) is 33.4 Å². The summed E-state index contributed by atoms with van der Waals surface area (Å²) in [7, 11) is 1.77. The second-order valence-corrected chi connectivity index (χ2v) is 8.97. The van der Waals surface area contributed by atoms with Crippen LogP contribution in [-0.2, 0) is 14.3 Å². The third-order valence-corrected chi connectivity index (χ3v) is 5.19. The van der Waals surface area contributed by atoms with Crippen molar-refractivity contribution in [3.05, 3.63) is 0 Å². The first-order valence-corrected chi connectivity index (χ1v) is 11.0. The maximum absolute atomic E-state index is 11.7. The van der Waals surface area contributed by atoms with Gasteiger partial charge >= 0.3 is 5.97 Å². The Hall–Kier alpha value is -0.570. The number of hydrogen-bond acceptors (Lipinski definition) is 4. The maximum atomic E-state index is 11.7. The largest absolute Gasteiger partial charge is 0.460 e. The molecule has 172 valence electrons. The highest BCUT2D eigenvalue weighted by Gasteiger charge is 2.36. The molecule has 0 saturated heterocycles. The monoisotopic (exact) mass is 525 g/mol. The van der Waals surface area contributed by atoms with E-state index in [0.29, 0.717) is 11.8 Å². The molecular formula is C22H44IN3O3. The third-order valence-electron chi connectivity index (χ3n) is 5.19. The van der Waals surface area contributed by atoms with Crippen molar-refractivity contribution in [2.24, 2.45) is 10.4 Å². The van der Waals surface area contributed by atoms with Gasteiger partial charge in [0.2, 0.25) is 0 Å². The lowest BCUT2D eigenvalue weighted by Gasteiger charge is -2.40. The molecule has 0 bridgehead atoms. The van der Waals surface area contributed by atoms with Gasteiger partial charge in [0.1, 0.15) is 5.60 Å². The molecule has 0 aromatic rings. The van der Waals surface area contributed by atoms with E-state index in [4.69, 9.17) is 14.5 Å². The first-order valence-electron chi connectivity index (χ1n) is 11.0. The number of nitrogens with one attached hydrogen (secondary N) is 2. The quantitative estimate of drug-likeness (QED) is 0.120. The summed E-state index contributed by atoms with van der Waals surface area (Å²) in [5.74, 6) is 0.825. The molecule has 2 N–H and O–H groups in total. The van der Waals surface area contributed by atoms with E-state index in [1.807, 2.05) is 20.8 Å². The van der Waals surface area contributed by atoms with Gasteiger partial charge < -0.3 is 20.1 Å². The van der Waals surface area contributed by atoms with Gasteiger partial charge in [0, 0.05) is 39.8 Å². The fourth-order valence-electron chi connectivity index (χ4n) is 3.42. The van der Waals surface area contributed by atoms with Crippen LogP contribution >= 0.6 is 24.0 Å². The zero-order valence-corrected chi connectivity index (χ0v) is 21.6. The van der Waals surface area contributed by atoms with Crippen LogP contribution in [0, 0.1) is 5.41 Å². The number of unbranched alkanes of at least 4 members (excludes halogenated alkanes) is 3. The van der Waals surface area contributed by atoms with E-state index < -0.39 is 0 Å². The van der Waals surface area contributed by atoms with Gasteiger partial charge in [-0.25, -0.2) is 0 Å². The molecule has 0 atom stereocenters. The van der Waals surface area contributed by atoms with E-state index in [2.05, 4.69) is 17.6 Å². The van der Waals surface area contributed by atoms with Crippen LogP contribution in [0.5, 0.6) is 0 Å². The molecule has 1 rings (SSSR count). The number of aliphatic imine (C=N–C) groups is 1. The van der Waals surface area contributed by atoms with Gasteiger partial charge in [-0.2, -0.15) is 0 Å². The van der Waals surface area contributed by atoms with Gasteiger partial charge in [-0.05, 0) is 65.2 Å².